The van der Waals surface area contributed by atoms with Crippen molar-refractivity contribution in [3.8, 4) is 5.75 Å². The summed E-state index contributed by atoms with van der Waals surface area (Å²) in [6.07, 6.45) is 6.85. The number of phenols is 1. The fraction of sp³-hybridized carbons (Fsp3) is 0.613. The van der Waals surface area contributed by atoms with E-state index in [4.69, 9.17) is 38.7 Å². The molecule has 0 bridgehead atoms. The summed E-state index contributed by atoms with van der Waals surface area (Å²) < 4.78 is 23.3. The molecule has 2 heterocycles. The van der Waals surface area contributed by atoms with E-state index in [1.54, 1.807) is 52.0 Å². The van der Waals surface area contributed by atoms with Gasteiger partial charge in [0.05, 0.1) is 13.1 Å². The van der Waals surface area contributed by atoms with Crippen molar-refractivity contribution in [3.63, 3.8) is 0 Å². The van der Waals surface area contributed by atoms with Gasteiger partial charge in [-0.15, -0.1) is 0 Å². The van der Waals surface area contributed by atoms with E-state index in [1.807, 2.05) is 126 Å². The Bertz CT molecular complexity index is 3880. The van der Waals surface area contributed by atoms with Crippen LogP contribution in [0.25, 0.3) is 0 Å². The molecule has 0 aliphatic carbocycles. The summed E-state index contributed by atoms with van der Waals surface area (Å²) in [7, 11) is 5.70. The summed E-state index contributed by atoms with van der Waals surface area (Å²) in [5.41, 5.74) is 4.55. The standard InChI is InChI=1S/C45H69N5O9.C44H67N5O10.2C2H4O2.Pd/c1-14-28(6)38-41(53)47-33(11)45(57)59-39(29(7)15-2)30(8)17-16-18-31(9)44(56)58-36(23-26(3)4)40(52)46-32(10)42(54)50(13)35(24-34-21-19-27(5)20-22-34)43(55)49(12)25-37(51)48-38;1-13-26(5)37-40(53)46-31(10)44(57)59-38(27(6)14-2)28(7)16-15-17-29(8)43(56)58-35(22-25(3)4)39(52)45-30(9)41(54)49(12)34(23-32-18-20-33(50)21-19-32)42(55)48(11)24-36(51)47-37;2*1-2(3)4;/h15,18-22,26,28,30,32-33,35-36,38-39H,14,16-17,23-25H2,1-13H3,(H,46,52)(H,47,53)(H,48,51);14,17-21,25-26,28,30-31,34-35,37-38,50H,13,15-16,22-24H2,1-12H3,(H,45,52)(H,46,53)(H,47,51);2*1H3,(H,3,4);/b29-15+,31-18+;27-14+,29-17+;;;/t28?,30-,32-,33+,35+,36+,38-,39+;26?,28-,30-,31+,34+,35+,37-,38+;;;/m00.../s1. The number of rotatable bonds is 14. The van der Waals surface area contributed by atoms with Gasteiger partial charge >= 0.3 is 23.9 Å². The van der Waals surface area contributed by atoms with Crippen LogP contribution in [-0.2, 0) is 129 Å². The van der Waals surface area contributed by atoms with Crippen LogP contribution >= 0.6 is 0 Å². The van der Waals surface area contributed by atoms with E-state index in [2.05, 4.69) is 31.9 Å². The summed E-state index contributed by atoms with van der Waals surface area (Å²) in [5.74, 6) is -11.7. The van der Waals surface area contributed by atoms with Crippen molar-refractivity contribution < 1.29 is 131 Å². The zero-order valence-electron chi connectivity index (χ0n) is 79.4. The minimum absolute atomic E-state index is 0. The third-order valence-electron chi connectivity index (χ3n) is 21.7. The van der Waals surface area contributed by atoms with Gasteiger partial charge in [-0.25, -0.2) is 19.2 Å². The Morgan fingerprint density at radius 2 is 0.756 bits per heavy atom. The maximum Gasteiger partial charge on any atom is 0.334 e. The number of amides is 10. The molecule has 0 saturated heterocycles. The Balaban J connectivity index is 0.00000228. The van der Waals surface area contributed by atoms with E-state index in [-0.39, 0.29) is 92.9 Å². The van der Waals surface area contributed by atoms with Crippen molar-refractivity contribution in [2.75, 3.05) is 41.3 Å². The fourth-order valence-corrected chi connectivity index (χ4v) is 13.3. The van der Waals surface area contributed by atoms with Crippen molar-refractivity contribution in [2.45, 2.75) is 296 Å². The number of nitrogens with one attached hydrogen (secondary N) is 6. The molecule has 2 aliphatic heterocycles. The normalized spacial score (nSPS) is 26.0. The van der Waals surface area contributed by atoms with Crippen LogP contribution in [0.1, 0.15) is 220 Å². The first-order chi connectivity index (χ1) is 58.7. The van der Waals surface area contributed by atoms with E-state index in [9.17, 15) is 72.2 Å². The Kier molecular flexibility index (Phi) is 53.1. The molecule has 714 valence electrons. The van der Waals surface area contributed by atoms with Crippen LogP contribution in [-0.4, -0.2) is 244 Å². The number of carboxylic acid groups (broad SMARTS) is 2. The molecule has 0 spiro atoms. The van der Waals surface area contributed by atoms with Crippen molar-refractivity contribution in [3.05, 3.63) is 112 Å². The first kappa shape index (κ1) is 116. The van der Waals surface area contributed by atoms with E-state index in [0.29, 0.717) is 49.7 Å². The van der Waals surface area contributed by atoms with Gasteiger partial charge < -0.3 is 85.8 Å². The molecule has 9 N–H and O–H groups in total. The average Bonchev–Trinajstić information content (AvgIpc) is 0.829. The first-order valence-electron chi connectivity index (χ1n) is 43.2. The molecular formula is C93H144N10O23Pd. The third-order valence-corrected chi connectivity index (χ3v) is 21.7. The molecule has 127 heavy (non-hydrogen) atoms. The van der Waals surface area contributed by atoms with Gasteiger partial charge in [-0.3, -0.25) is 57.5 Å². The maximum atomic E-state index is 14.2. The number of aliphatic carboxylic acids is 2. The molecule has 2 unspecified atom stereocenters. The second-order valence-corrected chi connectivity index (χ2v) is 33.9. The number of likely N-dealkylation sites (N-methyl/N-ethyl adjacent to an activating group) is 4. The second-order valence-electron chi connectivity index (χ2n) is 33.9. The van der Waals surface area contributed by atoms with Crippen LogP contribution in [0.15, 0.2) is 95.1 Å². The monoisotopic (exact) mass is 1870 g/mol. The number of hydrogen-bond donors (Lipinski definition) is 9. The molecule has 0 saturated carbocycles. The molecule has 33 nitrogen and oxygen atoms in total. The topological polar surface area (TPSA) is 456 Å². The molecule has 2 aromatic rings. The number of aryl methyl sites for hydroxylation is 1. The number of carboxylic acids is 2. The first-order valence-corrected chi connectivity index (χ1v) is 43.2. The Hall–Kier alpha value is -10.6. The number of cyclic esters (lactones) is 4. The van der Waals surface area contributed by atoms with Crippen LogP contribution in [0.2, 0.25) is 0 Å². The zero-order valence-corrected chi connectivity index (χ0v) is 81.0. The van der Waals surface area contributed by atoms with Crippen LogP contribution in [0.5, 0.6) is 5.75 Å². The van der Waals surface area contributed by atoms with Crippen LogP contribution in [0.3, 0.4) is 0 Å². The van der Waals surface area contributed by atoms with Gasteiger partial charge in [0.25, 0.3) is 23.8 Å². The molecule has 0 fully saturated rings. The molecule has 4 rings (SSSR count). The largest absolute Gasteiger partial charge is 0.508 e. The maximum absolute atomic E-state index is 14.2. The molecule has 0 radical (unpaired) electrons. The van der Waals surface area contributed by atoms with E-state index in [1.165, 1.54) is 82.7 Å². The summed E-state index contributed by atoms with van der Waals surface area (Å²) in [5, 5.41) is 40.9. The minimum Gasteiger partial charge on any atom is -0.508 e. The number of phenolic OH excluding ortho intramolecular Hbond substituents is 1. The van der Waals surface area contributed by atoms with Gasteiger partial charge in [-0.1, -0.05) is 148 Å². The third kappa shape index (κ3) is 41.4. The summed E-state index contributed by atoms with van der Waals surface area (Å²) in [4.78, 5) is 214. The molecule has 0 aromatic heterocycles. The van der Waals surface area contributed by atoms with Gasteiger partial charge in [0.2, 0.25) is 47.3 Å². The molecule has 16 atom stereocenters. The SMILES string of the molecule is C/C=C(\C)[C@H]1OC(=O)[C@@H](C)NC(=O)[C@H](C(C)CC)NC(=O)CN(C)C(=O)[C@@H](Cc2ccc(C)cc2)N(C)C(=O)[C@H](C)NC(=O)[C@@H](CC(C)C)OC(=O)/C(C)=C/CC[C@@H]1C.C/C=C(\C)[C@H]1OC(=O)[C@@H](C)NC(=O)[C@H](C(C)CC)NC(=O)CN(C)C(=O)[C@@H](Cc2ccc(O)cc2)N(C)C(=O)[C@H](C)NC(=O)[C@@H](CC(C)C)OC(=O)/C(C)=C/CC[C@@H]1C.CC(=O)O.CC(=O)O.[Pd]. The second kappa shape index (κ2) is 58.0. The van der Waals surface area contributed by atoms with E-state index in [0.717, 1.165) is 41.0 Å². The van der Waals surface area contributed by atoms with Crippen LogP contribution in [0, 0.1) is 42.4 Å². The van der Waals surface area contributed by atoms with Gasteiger partial charge in [-0.2, -0.15) is 0 Å². The summed E-state index contributed by atoms with van der Waals surface area (Å²) >= 11 is 0. The summed E-state index contributed by atoms with van der Waals surface area (Å²) in [6, 6.07) is 4.84. The minimum atomic E-state index is -1.22. The van der Waals surface area contributed by atoms with Crippen LogP contribution in [0.4, 0.5) is 0 Å². The number of aromatic hydroxyl groups is 1. The van der Waals surface area contributed by atoms with Crippen molar-refractivity contribution in [1.29, 1.82) is 0 Å². The van der Waals surface area contributed by atoms with Crippen LogP contribution < -0.4 is 31.9 Å². The number of carbonyl (C=O) groups is 16. The summed E-state index contributed by atoms with van der Waals surface area (Å²) in [6.45, 7) is 38.4. The zero-order chi connectivity index (χ0) is 96.6. The Morgan fingerprint density at radius 3 is 1.05 bits per heavy atom. The van der Waals surface area contributed by atoms with E-state index >= 15 is 0 Å². The molecule has 2 aromatic carbocycles. The van der Waals surface area contributed by atoms with Gasteiger partial charge in [-0.05, 0) is 185 Å². The van der Waals surface area contributed by atoms with Gasteiger partial charge in [0, 0.05) is 86.4 Å². The molecule has 10 amide bonds. The van der Waals surface area contributed by atoms with E-state index < -0.39 is 181 Å². The molecular weight excluding hydrogens is 1730 g/mol. The average molecular weight is 1880 g/mol. The number of nitrogens with zero attached hydrogens (tertiary/aromatic N) is 4. The number of esters is 4. The Morgan fingerprint density at radius 1 is 0.457 bits per heavy atom. The van der Waals surface area contributed by atoms with Crippen molar-refractivity contribution in [1.82, 2.24) is 51.5 Å². The molecule has 2 aliphatic rings. The predicted molar refractivity (Wildman–Crippen MR) is 476 cm³/mol. The van der Waals surface area contributed by atoms with Gasteiger partial charge in [0.1, 0.15) is 66.3 Å². The smallest absolute Gasteiger partial charge is 0.334 e. The quantitative estimate of drug-likeness (QED) is 0.0369. The number of allylic oxidation sites excluding steroid dienone is 4. The van der Waals surface area contributed by atoms with Crippen molar-refractivity contribution >= 4 is 94.9 Å². The Labute approximate surface area is 764 Å². The number of benzene rings is 2. The van der Waals surface area contributed by atoms with Gasteiger partial charge in [0.15, 0.2) is 12.2 Å². The molecule has 34 heteroatoms. The number of carbonyl (C=O) groups excluding carboxylic acids is 14. The number of ether oxygens (including phenoxy) is 4. The van der Waals surface area contributed by atoms with Crippen molar-refractivity contribution in [2.24, 2.45) is 35.5 Å². The predicted octanol–water partition coefficient (Wildman–Crippen LogP) is 8.73. The number of hydrogen-bond acceptors (Lipinski definition) is 21. The fourth-order valence-electron chi connectivity index (χ4n) is 13.3.